The number of hydrogen-bond donors (Lipinski definition) is 0. The lowest BCUT2D eigenvalue weighted by atomic mass is 9.85. The lowest BCUT2D eigenvalue weighted by Crippen LogP contribution is -2.10. The number of fused-ring (bicyclic) bond motifs is 2. The zero-order valence-corrected chi connectivity index (χ0v) is 17.7. The monoisotopic (exact) mass is 387 g/mol. The molecule has 0 bridgehead atoms. The van der Waals surface area contributed by atoms with Crippen molar-refractivity contribution >= 4 is 21.7 Å². The van der Waals surface area contributed by atoms with Gasteiger partial charge in [0.05, 0.1) is 11.2 Å². The number of hydrogen-bond acceptors (Lipinski definition) is 1. The Morgan fingerprint density at radius 2 is 1.30 bits per heavy atom. The minimum Gasteiger partial charge on any atom is -0.248 e. The summed E-state index contributed by atoms with van der Waals surface area (Å²) in [6.07, 6.45) is 0. The molecular weight excluding hydrogens is 362 g/mol. The molecule has 0 aliphatic carbocycles. The van der Waals surface area contributed by atoms with Gasteiger partial charge in [-0.1, -0.05) is 93.6 Å². The summed E-state index contributed by atoms with van der Waals surface area (Å²) in [5.74, 6) is 0. The highest BCUT2D eigenvalue weighted by atomic mass is 14.7. The molecule has 1 heteroatoms. The van der Waals surface area contributed by atoms with Gasteiger partial charge in [-0.05, 0) is 57.1 Å². The van der Waals surface area contributed by atoms with Crippen molar-refractivity contribution in [1.82, 2.24) is 4.98 Å². The van der Waals surface area contributed by atoms with Gasteiger partial charge in [0.25, 0.3) is 0 Å². The molecule has 0 radical (unpaired) electrons. The van der Waals surface area contributed by atoms with Crippen LogP contribution in [0.2, 0.25) is 0 Å². The second kappa shape index (κ2) is 7.11. The lowest BCUT2D eigenvalue weighted by molar-refractivity contribution is 0.590. The molecule has 0 saturated heterocycles. The molecule has 0 fully saturated rings. The summed E-state index contributed by atoms with van der Waals surface area (Å²) in [6, 6.07) is 34.7. The normalized spacial score (nSPS) is 11.8. The lowest BCUT2D eigenvalue weighted by Gasteiger charge is -2.19. The molecule has 0 unspecified atom stereocenters. The van der Waals surface area contributed by atoms with Crippen LogP contribution in [0.25, 0.3) is 44.1 Å². The molecule has 1 heterocycles. The maximum absolute atomic E-state index is 4.93. The van der Waals surface area contributed by atoms with E-state index in [9.17, 15) is 0 Å². The van der Waals surface area contributed by atoms with Crippen molar-refractivity contribution in [2.75, 3.05) is 0 Å². The topological polar surface area (TPSA) is 12.9 Å². The van der Waals surface area contributed by atoms with Crippen LogP contribution in [0.5, 0.6) is 0 Å². The van der Waals surface area contributed by atoms with Crippen LogP contribution in [0.4, 0.5) is 0 Å². The summed E-state index contributed by atoms with van der Waals surface area (Å²) in [4.78, 5) is 4.93. The zero-order valence-electron chi connectivity index (χ0n) is 17.7. The number of para-hydroxylation sites is 1. The largest absolute Gasteiger partial charge is 0.248 e. The molecule has 0 spiro atoms. The van der Waals surface area contributed by atoms with Crippen LogP contribution >= 0.6 is 0 Å². The van der Waals surface area contributed by atoms with E-state index in [1.807, 2.05) is 6.07 Å². The summed E-state index contributed by atoms with van der Waals surface area (Å²) >= 11 is 0. The smallest absolute Gasteiger partial charge is 0.0710 e. The third-order valence-electron chi connectivity index (χ3n) is 5.82. The third kappa shape index (κ3) is 3.37. The molecule has 5 rings (SSSR count). The van der Waals surface area contributed by atoms with E-state index in [4.69, 9.17) is 4.98 Å². The maximum atomic E-state index is 4.93. The molecule has 146 valence electrons. The molecule has 0 saturated carbocycles. The predicted octanol–water partition coefficient (Wildman–Crippen LogP) is 8.02. The van der Waals surface area contributed by atoms with Crippen molar-refractivity contribution < 1.29 is 0 Å². The highest BCUT2D eigenvalue weighted by molar-refractivity contribution is 6.00. The quantitative estimate of drug-likeness (QED) is 0.299. The van der Waals surface area contributed by atoms with Gasteiger partial charge in [-0.3, -0.25) is 0 Å². The first-order chi connectivity index (χ1) is 14.5. The van der Waals surface area contributed by atoms with Gasteiger partial charge in [0, 0.05) is 10.9 Å². The Bertz CT molecular complexity index is 1360. The van der Waals surface area contributed by atoms with Crippen molar-refractivity contribution in [3.8, 4) is 22.4 Å². The summed E-state index contributed by atoms with van der Waals surface area (Å²) in [7, 11) is 0. The summed E-state index contributed by atoms with van der Waals surface area (Å²) in [5.41, 5.74) is 7.17. The predicted molar refractivity (Wildman–Crippen MR) is 129 cm³/mol. The van der Waals surface area contributed by atoms with Crippen LogP contribution in [0.1, 0.15) is 26.3 Å². The summed E-state index contributed by atoms with van der Waals surface area (Å²) in [5, 5.41) is 3.67. The first-order valence-corrected chi connectivity index (χ1v) is 10.5. The molecular formula is C29H25N. The Hall–Kier alpha value is -3.45. The van der Waals surface area contributed by atoms with Gasteiger partial charge in [0.1, 0.15) is 0 Å². The Balaban J connectivity index is 1.69. The second-order valence-corrected chi connectivity index (χ2v) is 8.96. The van der Waals surface area contributed by atoms with Crippen LogP contribution in [0.15, 0.2) is 97.1 Å². The SMILES string of the molecule is CC(C)(C)c1ccc(-c2cc(-c3ccc4ccccc4n3)cc3ccccc23)cc1. The van der Waals surface area contributed by atoms with Crippen LogP contribution in [-0.4, -0.2) is 4.98 Å². The third-order valence-corrected chi connectivity index (χ3v) is 5.82. The minimum atomic E-state index is 0.150. The van der Waals surface area contributed by atoms with E-state index in [0.29, 0.717) is 0 Å². The minimum absolute atomic E-state index is 0.150. The fourth-order valence-corrected chi connectivity index (χ4v) is 4.07. The van der Waals surface area contributed by atoms with Gasteiger partial charge >= 0.3 is 0 Å². The van der Waals surface area contributed by atoms with Gasteiger partial charge in [-0.15, -0.1) is 0 Å². The van der Waals surface area contributed by atoms with Crippen LogP contribution < -0.4 is 0 Å². The van der Waals surface area contributed by atoms with Crippen molar-refractivity contribution in [2.45, 2.75) is 26.2 Å². The average molecular weight is 388 g/mol. The Labute approximate surface area is 178 Å². The Morgan fingerprint density at radius 1 is 0.600 bits per heavy atom. The molecule has 30 heavy (non-hydrogen) atoms. The van der Waals surface area contributed by atoms with E-state index in [1.54, 1.807) is 0 Å². The molecule has 1 nitrogen and oxygen atoms in total. The number of benzene rings is 4. The van der Waals surface area contributed by atoms with Crippen molar-refractivity contribution in [2.24, 2.45) is 0 Å². The van der Waals surface area contributed by atoms with Gasteiger partial charge in [0.15, 0.2) is 0 Å². The number of nitrogens with zero attached hydrogens (tertiary/aromatic N) is 1. The van der Waals surface area contributed by atoms with Crippen LogP contribution in [0.3, 0.4) is 0 Å². The highest BCUT2D eigenvalue weighted by Crippen LogP contribution is 2.35. The molecule has 0 amide bonds. The highest BCUT2D eigenvalue weighted by Gasteiger charge is 2.14. The summed E-state index contributed by atoms with van der Waals surface area (Å²) < 4.78 is 0. The Morgan fingerprint density at radius 3 is 2.07 bits per heavy atom. The fourth-order valence-electron chi connectivity index (χ4n) is 4.07. The van der Waals surface area contributed by atoms with E-state index < -0.39 is 0 Å². The molecule has 5 aromatic rings. The number of pyridine rings is 1. The molecule has 0 N–H and O–H groups in total. The molecule has 0 atom stereocenters. The van der Waals surface area contributed by atoms with E-state index in [2.05, 4.69) is 112 Å². The van der Waals surface area contributed by atoms with Gasteiger partial charge in [0.2, 0.25) is 0 Å². The second-order valence-electron chi connectivity index (χ2n) is 8.96. The first kappa shape index (κ1) is 18.6. The van der Waals surface area contributed by atoms with E-state index in [1.165, 1.54) is 32.8 Å². The number of rotatable bonds is 2. The standard InChI is InChI=1S/C29H25N/c1-29(2,3)24-15-12-20(13-16-24)26-19-23(18-22-9-4-6-10-25(22)26)28-17-14-21-8-5-7-11-27(21)30-28/h4-19H,1-3H3. The van der Waals surface area contributed by atoms with Crippen molar-refractivity contribution in [3.63, 3.8) is 0 Å². The molecule has 1 aromatic heterocycles. The molecule has 0 aliphatic rings. The van der Waals surface area contributed by atoms with Gasteiger partial charge in [-0.25, -0.2) is 4.98 Å². The molecule has 4 aromatic carbocycles. The number of aromatic nitrogens is 1. The average Bonchev–Trinajstić information content (AvgIpc) is 2.77. The zero-order chi connectivity index (χ0) is 20.7. The van der Waals surface area contributed by atoms with Gasteiger partial charge in [-0.2, -0.15) is 0 Å². The van der Waals surface area contributed by atoms with Crippen molar-refractivity contribution in [1.29, 1.82) is 0 Å². The first-order valence-electron chi connectivity index (χ1n) is 10.5. The Kier molecular flexibility index (Phi) is 4.40. The van der Waals surface area contributed by atoms with Crippen LogP contribution in [-0.2, 0) is 5.41 Å². The van der Waals surface area contributed by atoms with E-state index in [0.717, 1.165) is 16.8 Å². The van der Waals surface area contributed by atoms with Gasteiger partial charge < -0.3 is 0 Å². The fraction of sp³-hybridized carbons (Fsp3) is 0.138. The van der Waals surface area contributed by atoms with E-state index in [-0.39, 0.29) is 5.41 Å². The maximum Gasteiger partial charge on any atom is 0.0710 e. The van der Waals surface area contributed by atoms with Crippen molar-refractivity contribution in [3.05, 3.63) is 103 Å². The molecule has 0 aliphatic heterocycles. The van der Waals surface area contributed by atoms with Crippen LogP contribution in [0, 0.1) is 0 Å². The summed E-state index contributed by atoms with van der Waals surface area (Å²) in [6.45, 7) is 6.76. The van der Waals surface area contributed by atoms with E-state index >= 15 is 0 Å².